The molecule has 1 aliphatic carbocycles. The lowest BCUT2D eigenvalue weighted by atomic mass is 9.81. The summed E-state index contributed by atoms with van der Waals surface area (Å²) in [5.41, 5.74) is 12.9. The Bertz CT molecular complexity index is 864. The first kappa shape index (κ1) is 19.1. The molecule has 27 heavy (non-hydrogen) atoms. The molecular weight excluding hydrogens is 345 g/mol. The number of anilines is 1. The molecule has 2 aromatic rings. The first-order valence-corrected chi connectivity index (χ1v) is 9.30. The van der Waals surface area contributed by atoms with Gasteiger partial charge in [-0.1, -0.05) is 19.3 Å². The number of nitrogen functional groups attached to an aromatic ring is 1. The summed E-state index contributed by atoms with van der Waals surface area (Å²) in [6.07, 6.45) is 6.09. The smallest absolute Gasteiger partial charge is 0.165 e. The van der Waals surface area contributed by atoms with Crippen molar-refractivity contribution in [2.75, 3.05) is 12.3 Å². The number of aromatic nitrogens is 2. The van der Waals surface area contributed by atoms with Crippen LogP contribution in [0.2, 0.25) is 0 Å². The highest BCUT2D eigenvalue weighted by atomic mass is 19.1. The van der Waals surface area contributed by atoms with Crippen LogP contribution in [0.5, 0.6) is 5.75 Å². The first-order valence-electron chi connectivity index (χ1n) is 9.30. The van der Waals surface area contributed by atoms with Gasteiger partial charge in [0.1, 0.15) is 29.0 Å². The minimum absolute atomic E-state index is 0.0354. The van der Waals surface area contributed by atoms with E-state index in [1.165, 1.54) is 12.1 Å². The second-order valence-corrected chi connectivity index (χ2v) is 7.14. The summed E-state index contributed by atoms with van der Waals surface area (Å²) in [5, 5.41) is 19.7. The summed E-state index contributed by atoms with van der Waals surface area (Å²) >= 11 is 0. The van der Waals surface area contributed by atoms with Crippen LogP contribution < -0.4 is 11.5 Å². The molecule has 0 amide bonds. The van der Waals surface area contributed by atoms with Gasteiger partial charge in [0, 0.05) is 5.92 Å². The first-order chi connectivity index (χ1) is 13.0. The standard InChI is InChI=1S/C20H24FN5O/c21-14-6-7-17(27)15(9-14)20-25-18(16(11-23)19(24)26-20)13-5-3-1-2-4-12(8-13)10-22/h6-7,9,12-13,27H,1-5,8,10,22H2,(H2,24,25,26). The van der Waals surface area contributed by atoms with E-state index in [2.05, 4.69) is 16.0 Å². The molecule has 5 N–H and O–H groups in total. The lowest BCUT2D eigenvalue weighted by Gasteiger charge is -2.26. The van der Waals surface area contributed by atoms with Crippen LogP contribution in [0.15, 0.2) is 18.2 Å². The number of hydrogen-bond donors (Lipinski definition) is 3. The van der Waals surface area contributed by atoms with Gasteiger partial charge in [0.15, 0.2) is 5.82 Å². The van der Waals surface area contributed by atoms with Crippen molar-refractivity contribution in [2.45, 2.75) is 44.4 Å². The third kappa shape index (κ3) is 4.17. The number of rotatable bonds is 3. The molecule has 3 rings (SSSR count). The largest absolute Gasteiger partial charge is 0.507 e. The Balaban J connectivity index is 2.09. The van der Waals surface area contributed by atoms with Gasteiger partial charge in [-0.25, -0.2) is 14.4 Å². The number of halogens is 1. The molecule has 1 fully saturated rings. The summed E-state index contributed by atoms with van der Waals surface area (Å²) in [7, 11) is 0. The Morgan fingerprint density at radius 1 is 1.22 bits per heavy atom. The maximum absolute atomic E-state index is 13.7. The van der Waals surface area contributed by atoms with E-state index in [-0.39, 0.29) is 34.4 Å². The quantitative estimate of drug-likeness (QED) is 0.761. The molecule has 1 saturated carbocycles. The van der Waals surface area contributed by atoms with E-state index in [4.69, 9.17) is 11.5 Å². The molecule has 0 bridgehead atoms. The third-order valence-corrected chi connectivity index (χ3v) is 5.28. The van der Waals surface area contributed by atoms with E-state index in [1.807, 2.05) is 0 Å². The number of nitrogens with two attached hydrogens (primary N) is 2. The molecule has 1 aromatic heterocycles. The van der Waals surface area contributed by atoms with Gasteiger partial charge in [0.25, 0.3) is 0 Å². The van der Waals surface area contributed by atoms with Gasteiger partial charge in [-0.15, -0.1) is 0 Å². The van der Waals surface area contributed by atoms with E-state index in [9.17, 15) is 14.8 Å². The van der Waals surface area contributed by atoms with Gasteiger partial charge in [-0.05, 0) is 49.9 Å². The average molecular weight is 369 g/mol. The number of aromatic hydroxyl groups is 1. The lowest BCUT2D eigenvalue weighted by Crippen LogP contribution is -2.21. The molecular formula is C20H24FN5O. The minimum atomic E-state index is -0.509. The van der Waals surface area contributed by atoms with Crippen molar-refractivity contribution in [3.63, 3.8) is 0 Å². The van der Waals surface area contributed by atoms with Crippen LogP contribution in [-0.4, -0.2) is 21.6 Å². The van der Waals surface area contributed by atoms with Crippen LogP contribution in [0.1, 0.15) is 55.7 Å². The molecule has 2 atom stereocenters. The van der Waals surface area contributed by atoms with E-state index >= 15 is 0 Å². The van der Waals surface area contributed by atoms with Crippen molar-refractivity contribution >= 4 is 5.82 Å². The topological polar surface area (TPSA) is 122 Å². The summed E-state index contributed by atoms with van der Waals surface area (Å²) in [5.74, 6) is -0.0660. The molecule has 2 unspecified atom stereocenters. The second-order valence-electron chi connectivity index (χ2n) is 7.14. The Kier molecular flexibility index (Phi) is 5.87. The molecule has 7 heteroatoms. The summed E-state index contributed by atoms with van der Waals surface area (Å²) < 4.78 is 13.7. The number of nitriles is 1. The van der Waals surface area contributed by atoms with Gasteiger partial charge in [-0.3, -0.25) is 0 Å². The van der Waals surface area contributed by atoms with E-state index in [0.717, 1.165) is 44.6 Å². The normalized spacial score (nSPS) is 20.5. The van der Waals surface area contributed by atoms with E-state index in [0.29, 0.717) is 18.2 Å². The predicted octanol–water partition coefficient (Wildman–Crippen LogP) is 3.45. The van der Waals surface area contributed by atoms with Crippen LogP contribution in [0.25, 0.3) is 11.4 Å². The highest BCUT2D eigenvalue weighted by Crippen LogP contribution is 2.37. The molecule has 142 valence electrons. The summed E-state index contributed by atoms with van der Waals surface area (Å²) in [6.45, 7) is 0.594. The van der Waals surface area contributed by atoms with Crippen molar-refractivity contribution < 1.29 is 9.50 Å². The van der Waals surface area contributed by atoms with Gasteiger partial charge in [-0.2, -0.15) is 5.26 Å². The zero-order valence-electron chi connectivity index (χ0n) is 15.2. The molecule has 0 spiro atoms. The van der Waals surface area contributed by atoms with Crippen molar-refractivity contribution in [3.05, 3.63) is 35.3 Å². The van der Waals surface area contributed by atoms with Gasteiger partial charge < -0.3 is 16.6 Å². The van der Waals surface area contributed by atoms with Crippen LogP contribution in [0.4, 0.5) is 10.2 Å². The van der Waals surface area contributed by atoms with E-state index < -0.39 is 5.82 Å². The predicted molar refractivity (Wildman–Crippen MR) is 101 cm³/mol. The minimum Gasteiger partial charge on any atom is -0.507 e. The Hall–Kier alpha value is -2.72. The fourth-order valence-electron chi connectivity index (χ4n) is 3.82. The molecule has 0 radical (unpaired) electrons. The van der Waals surface area contributed by atoms with Crippen molar-refractivity contribution in [1.29, 1.82) is 5.26 Å². The Morgan fingerprint density at radius 3 is 2.74 bits per heavy atom. The number of nitrogens with zero attached hydrogens (tertiary/aromatic N) is 3. The summed E-state index contributed by atoms with van der Waals surface area (Å²) in [4.78, 5) is 8.71. The molecule has 0 aliphatic heterocycles. The van der Waals surface area contributed by atoms with Crippen LogP contribution >= 0.6 is 0 Å². The number of benzene rings is 1. The zero-order chi connectivity index (χ0) is 19.4. The molecule has 6 nitrogen and oxygen atoms in total. The molecule has 1 aliphatic rings. The fourth-order valence-corrected chi connectivity index (χ4v) is 3.82. The maximum atomic E-state index is 13.7. The highest BCUT2D eigenvalue weighted by Gasteiger charge is 2.26. The molecule has 1 heterocycles. The average Bonchev–Trinajstić information content (AvgIpc) is 2.63. The number of hydrogen-bond acceptors (Lipinski definition) is 6. The summed E-state index contributed by atoms with van der Waals surface area (Å²) in [6, 6.07) is 5.70. The number of phenols is 1. The molecule has 0 saturated heterocycles. The fraction of sp³-hybridized carbons (Fsp3) is 0.450. The number of phenolic OH excluding ortho intramolecular Hbond substituents is 1. The van der Waals surface area contributed by atoms with Crippen LogP contribution in [0.3, 0.4) is 0 Å². The Morgan fingerprint density at radius 2 is 2.00 bits per heavy atom. The van der Waals surface area contributed by atoms with Crippen molar-refractivity contribution in [3.8, 4) is 23.2 Å². The van der Waals surface area contributed by atoms with Crippen LogP contribution in [-0.2, 0) is 0 Å². The second kappa shape index (κ2) is 8.31. The van der Waals surface area contributed by atoms with Gasteiger partial charge >= 0.3 is 0 Å². The maximum Gasteiger partial charge on any atom is 0.165 e. The monoisotopic (exact) mass is 369 g/mol. The highest BCUT2D eigenvalue weighted by molar-refractivity contribution is 5.67. The van der Waals surface area contributed by atoms with Crippen molar-refractivity contribution in [2.24, 2.45) is 11.7 Å². The third-order valence-electron chi connectivity index (χ3n) is 5.28. The van der Waals surface area contributed by atoms with Crippen LogP contribution in [0, 0.1) is 23.1 Å². The SMILES string of the molecule is N#Cc1c(N)nc(-c2cc(F)ccc2O)nc1C1CCCCCC(CN)C1. The van der Waals surface area contributed by atoms with Crippen molar-refractivity contribution in [1.82, 2.24) is 9.97 Å². The van der Waals surface area contributed by atoms with Gasteiger partial charge in [0.05, 0.1) is 11.3 Å². The van der Waals surface area contributed by atoms with Gasteiger partial charge in [0.2, 0.25) is 0 Å². The van der Waals surface area contributed by atoms with E-state index in [1.54, 1.807) is 0 Å². The molecule has 1 aromatic carbocycles. The lowest BCUT2D eigenvalue weighted by molar-refractivity contribution is 0.349. The Labute approximate surface area is 158 Å². The zero-order valence-corrected chi connectivity index (χ0v) is 15.2.